The second kappa shape index (κ2) is 10.2. The van der Waals surface area contributed by atoms with Gasteiger partial charge in [-0.2, -0.15) is 0 Å². The molecule has 37 heavy (non-hydrogen) atoms. The lowest BCUT2D eigenvalue weighted by atomic mass is 9.92. The Bertz CT molecular complexity index is 1540. The molecule has 7 heteroatoms. The highest BCUT2D eigenvalue weighted by Crippen LogP contribution is 2.40. The minimum Gasteiger partial charge on any atom is -0.496 e. The van der Waals surface area contributed by atoms with Crippen LogP contribution < -0.4 is 14.2 Å². The molecule has 4 aromatic rings. The van der Waals surface area contributed by atoms with Crippen molar-refractivity contribution in [3.63, 3.8) is 0 Å². The number of aryl methyl sites for hydroxylation is 2. The summed E-state index contributed by atoms with van der Waals surface area (Å²) < 4.78 is 16.2. The summed E-state index contributed by atoms with van der Waals surface area (Å²) in [6, 6.07) is 11.9. The van der Waals surface area contributed by atoms with Crippen LogP contribution in [0.15, 0.2) is 36.4 Å². The molecule has 0 aliphatic heterocycles. The Labute approximate surface area is 215 Å². The highest BCUT2D eigenvalue weighted by molar-refractivity contribution is 6.02. The van der Waals surface area contributed by atoms with E-state index in [1.807, 2.05) is 19.1 Å². The van der Waals surface area contributed by atoms with Crippen molar-refractivity contribution in [3.8, 4) is 17.2 Å². The number of hydrogen-bond acceptors (Lipinski definition) is 7. The van der Waals surface area contributed by atoms with Gasteiger partial charge >= 0.3 is 0 Å². The second-order valence-electron chi connectivity index (χ2n) is 9.44. The second-order valence-corrected chi connectivity index (χ2v) is 9.44. The van der Waals surface area contributed by atoms with Crippen LogP contribution in [0.25, 0.3) is 21.8 Å². The lowest BCUT2D eigenvalue weighted by Gasteiger charge is -2.19. The molecule has 0 atom stereocenters. The number of fused-ring (bicyclic) bond motifs is 4. The van der Waals surface area contributed by atoms with E-state index in [-0.39, 0.29) is 11.6 Å². The minimum absolute atomic E-state index is 0.0752. The summed E-state index contributed by atoms with van der Waals surface area (Å²) in [5.74, 6) is 2.19. The molecule has 0 N–H and O–H groups in total. The largest absolute Gasteiger partial charge is 0.496 e. The third-order valence-electron chi connectivity index (χ3n) is 7.00. The normalized spacial score (nSPS) is 14.5. The third kappa shape index (κ3) is 4.61. The molecule has 6 rings (SSSR count). The van der Waals surface area contributed by atoms with E-state index in [0.29, 0.717) is 47.0 Å². The van der Waals surface area contributed by atoms with Crippen molar-refractivity contribution in [2.24, 2.45) is 0 Å². The molecule has 2 aliphatic carbocycles. The number of pyridine rings is 2. The molecule has 0 fully saturated rings. The van der Waals surface area contributed by atoms with Crippen LogP contribution >= 0.6 is 0 Å². The van der Waals surface area contributed by atoms with Crippen molar-refractivity contribution in [3.05, 3.63) is 64.5 Å². The number of carbonyl (C=O) groups excluding carboxylic acids is 2. The van der Waals surface area contributed by atoms with Crippen LogP contribution in [0.1, 0.15) is 63.4 Å². The molecular formula is C30H30N2O5. The van der Waals surface area contributed by atoms with Gasteiger partial charge in [0.05, 0.1) is 32.4 Å². The van der Waals surface area contributed by atoms with Gasteiger partial charge in [0.1, 0.15) is 17.1 Å². The SMILES string of the molecule is COc1cc2nc3c(c(OC)c2cc1OC)CCCC3=O.Cc1ccc2cc3c(nc2c1)C(=O)CCC3. The molecule has 2 heterocycles. The van der Waals surface area contributed by atoms with Gasteiger partial charge in [-0.3, -0.25) is 9.59 Å². The predicted octanol–water partition coefficient (Wildman–Crippen LogP) is 5.84. The Balaban J connectivity index is 0.000000157. The topological polar surface area (TPSA) is 87.6 Å². The summed E-state index contributed by atoms with van der Waals surface area (Å²) in [7, 11) is 4.78. The zero-order valence-corrected chi connectivity index (χ0v) is 21.6. The molecule has 7 nitrogen and oxygen atoms in total. The van der Waals surface area contributed by atoms with Gasteiger partial charge in [-0.05, 0) is 61.9 Å². The summed E-state index contributed by atoms with van der Waals surface area (Å²) in [5, 5.41) is 1.97. The fourth-order valence-corrected chi connectivity index (χ4v) is 5.15. The van der Waals surface area contributed by atoms with E-state index in [4.69, 9.17) is 14.2 Å². The van der Waals surface area contributed by atoms with Crippen molar-refractivity contribution in [1.82, 2.24) is 9.97 Å². The van der Waals surface area contributed by atoms with Crippen LogP contribution in [0.5, 0.6) is 17.2 Å². The summed E-state index contributed by atoms with van der Waals surface area (Å²) in [6.45, 7) is 2.04. The van der Waals surface area contributed by atoms with Gasteiger partial charge in [0.2, 0.25) is 0 Å². The fourth-order valence-electron chi connectivity index (χ4n) is 5.15. The summed E-state index contributed by atoms with van der Waals surface area (Å²) >= 11 is 0. The van der Waals surface area contributed by atoms with E-state index < -0.39 is 0 Å². The highest BCUT2D eigenvalue weighted by atomic mass is 16.5. The van der Waals surface area contributed by atoms with Crippen LogP contribution in [0.3, 0.4) is 0 Å². The number of rotatable bonds is 3. The molecule has 0 unspecified atom stereocenters. The lowest BCUT2D eigenvalue weighted by Crippen LogP contribution is -2.14. The van der Waals surface area contributed by atoms with E-state index in [1.54, 1.807) is 27.4 Å². The van der Waals surface area contributed by atoms with Crippen LogP contribution in [-0.4, -0.2) is 42.9 Å². The number of ketones is 2. The van der Waals surface area contributed by atoms with Crippen molar-refractivity contribution < 1.29 is 23.8 Å². The van der Waals surface area contributed by atoms with E-state index in [0.717, 1.165) is 53.1 Å². The minimum atomic E-state index is 0.0752. The molecule has 0 spiro atoms. The van der Waals surface area contributed by atoms with Crippen LogP contribution in [0.4, 0.5) is 0 Å². The monoisotopic (exact) mass is 498 g/mol. The molecule has 0 saturated carbocycles. The van der Waals surface area contributed by atoms with Crippen LogP contribution in [0.2, 0.25) is 0 Å². The first-order valence-electron chi connectivity index (χ1n) is 12.5. The van der Waals surface area contributed by atoms with Gasteiger partial charge in [0.25, 0.3) is 0 Å². The number of Topliss-reactive ketones (excluding diaryl/α,β-unsaturated/α-hetero) is 2. The predicted molar refractivity (Wildman–Crippen MR) is 142 cm³/mol. The van der Waals surface area contributed by atoms with Gasteiger partial charge in [-0.15, -0.1) is 0 Å². The van der Waals surface area contributed by atoms with E-state index in [9.17, 15) is 9.59 Å². The molecule has 0 amide bonds. The fraction of sp³-hybridized carbons (Fsp3) is 0.333. The zero-order chi connectivity index (χ0) is 26.1. The Morgan fingerprint density at radius 3 is 2.11 bits per heavy atom. The van der Waals surface area contributed by atoms with Crippen molar-refractivity contribution in [2.75, 3.05) is 21.3 Å². The first kappa shape index (κ1) is 24.7. The molecule has 0 radical (unpaired) electrons. The summed E-state index contributed by atoms with van der Waals surface area (Å²) in [4.78, 5) is 32.9. The highest BCUT2D eigenvalue weighted by Gasteiger charge is 2.25. The number of hydrogen-bond donors (Lipinski definition) is 0. The summed E-state index contributed by atoms with van der Waals surface area (Å²) in [5.41, 5.74) is 6.04. The standard InChI is InChI=1S/C16H17NO4.C14H13NO/c1-19-13-7-10-11(8-14(13)20-2)17-15-9(16(10)21-3)5-4-6-12(15)18;1-9-5-6-10-8-11-3-2-4-13(16)14(11)15-12(10)7-9/h7-8H,4-6H2,1-3H3;5-8H,2-4H2,1H3. The molecular weight excluding hydrogens is 468 g/mol. The number of aromatic nitrogens is 2. The van der Waals surface area contributed by atoms with Gasteiger partial charge in [0, 0.05) is 35.2 Å². The van der Waals surface area contributed by atoms with E-state index >= 15 is 0 Å². The number of carbonyl (C=O) groups is 2. The number of ether oxygens (including phenoxy) is 3. The molecule has 190 valence electrons. The van der Waals surface area contributed by atoms with E-state index in [2.05, 4.69) is 28.2 Å². The van der Waals surface area contributed by atoms with Gasteiger partial charge in [0.15, 0.2) is 23.1 Å². The number of nitrogens with zero attached hydrogens (tertiary/aromatic N) is 2. The summed E-state index contributed by atoms with van der Waals surface area (Å²) in [6.07, 6.45) is 4.78. The quantitative estimate of drug-likeness (QED) is 0.351. The average molecular weight is 499 g/mol. The Hall–Kier alpha value is -4.00. The Kier molecular flexibility index (Phi) is 6.78. The maximum absolute atomic E-state index is 12.1. The van der Waals surface area contributed by atoms with Crippen LogP contribution in [0, 0.1) is 6.92 Å². The third-order valence-corrected chi connectivity index (χ3v) is 7.00. The maximum Gasteiger partial charge on any atom is 0.181 e. The molecule has 2 aliphatic rings. The van der Waals surface area contributed by atoms with Crippen molar-refractivity contribution in [2.45, 2.75) is 45.4 Å². The first-order chi connectivity index (χ1) is 17.9. The Morgan fingerprint density at radius 2 is 1.38 bits per heavy atom. The molecule has 0 bridgehead atoms. The maximum atomic E-state index is 12.1. The number of benzene rings is 2. The van der Waals surface area contributed by atoms with Crippen LogP contribution in [-0.2, 0) is 12.8 Å². The molecule has 2 aromatic carbocycles. The van der Waals surface area contributed by atoms with Crippen molar-refractivity contribution >= 4 is 33.4 Å². The lowest BCUT2D eigenvalue weighted by molar-refractivity contribution is 0.0959. The van der Waals surface area contributed by atoms with Gasteiger partial charge in [-0.25, -0.2) is 9.97 Å². The van der Waals surface area contributed by atoms with Gasteiger partial charge < -0.3 is 14.2 Å². The van der Waals surface area contributed by atoms with Crippen molar-refractivity contribution in [1.29, 1.82) is 0 Å². The van der Waals surface area contributed by atoms with Gasteiger partial charge in [-0.1, -0.05) is 12.1 Å². The Morgan fingerprint density at radius 1 is 0.703 bits per heavy atom. The molecule has 2 aromatic heterocycles. The smallest absolute Gasteiger partial charge is 0.181 e. The van der Waals surface area contributed by atoms with E-state index in [1.165, 1.54) is 5.56 Å². The molecule has 0 saturated heterocycles. The number of methoxy groups -OCH3 is 3. The first-order valence-corrected chi connectivity index (χ1v) is 12.5. The zero-order valence-electron chi connectivity index (χ0n) is 21.6. The average Bonchev–Trinajstić information content (AvgIpc) is 2.91.